The van der Waals surface area contributed by atoms with E-state index in [1.54, 1.807) is 0 Å². The van der Waals surface area contributed by atoms with Crippen LogP contribution in [0.2, 0.25) is 0 Å². The molecule has 188 valence electrons. The van der Waals surface area contributed by atoms with Crippen molar-refractivity contribution in [1.29, 1.82) is 0 Å². The molecule has 0 bridgehead atoms. The number of methoxy groups -OCH3 is 1. The maximum Gasteiger partial charge on any atom is 0.340 e. The summed E-state index contributed by atoms with van der Waals surface area (Å²) in [5, 5.41) is -0.00305. The maximum absolute atomic E-state index is 14.5. The lowest BCUT2D eigenvalue weighted by atomic mass is 9.99. The highest BCUT2D eigenvalue weighted by Crippen LogP contribution is 2.42. The van der Waals surface area contributed by atoms with Gasteiger partial charge in [0.15, 0.2) is 0 Å². The number of halogens is 7. The van der Waals surface area contributed by atoms with Crippen molar-refractivity contribution in [3.05, 3.63) is 86.1 Å². The minimum atomic E-state index is -5.35. The van der Waals surface area contributed by atoms with Crippen molar-refractivity contribution < 1.29 is 43.7 Å². The van der Waals surface area contributed by atoms with Crippen molar-refractivity contribution in [3.63, 3.8) is 0 Å². The number of ether oxygens (including phenoxy) is 1. The van der Waals surface area contributed by atoms with Gasteiger partial charge in [-0.25, -0.2) is 17.6 Å². The minimum absolute atomic E-state index is 0.00305. The smallest absolute Gasteiger partial charge is 0.340 e. The predicted octanol–water partition coefficient (Wildman–Crippen LogP) is 5.57. The summed E-state index contributed by atoms with van der Waals surface area (Å²) in [4.78, 5) is 13.3. The number of aromatic nitrogens is 1. The van der Waals surface area contributed by atoms with Gasteiger partial charge >= 0.3 is 10.1 Å². The first-order chi connectivity index (χ1) is 16.9. The van der Waals surface area contributed by atoms with Crippen molar-refractivity contribution in [1.82, 2.24) is 4.98 Å². The van der Waals surface area contributed by atoms with E-state index in [2.05, 4.69) is 25.1 Å². The Hall–Kier alpha value is -3.52. The van der Waals surface area contributed by atoms with E-state index in [1.807, 2.05) is 0 Å². The minimum Gasteiger partial charge on any atom is -0.496 e. The molecule has 1 aromatic heterocycles. The standard InChI is InChI=1S/C22H10BrF6NO5S/c1-34-13-7-10(23)11(24)6-9(13)16-8-2-5-15(31)30-12(8)3-4-14(16)36(32,33)35-22-20(28)18(26)17(25)19(27)21(22)29/h2-7H,1H3,(H,30,31). The molecule has 0 saturated carbocycles. The molecule has 4 rings (SSSR count). The summed E-state index contributed by atoms with van der Waals surface area (Å²) in [7, 11) is -4.16. The lowest BCUT2D eigenvalue weighted by Gasteiger charge is -2.17. The first-order valence-electron chi connectivity index (χ1n) is 9.52. The Morgan fingerprint density at radius 2 is 1.47 bits per heavy atom. The molecule has 36 heavy (non-hydrogen) atoms. The zero-order valence-corrected chi connectivity index (χ0v) is 20.0. The summed E-state index contributed by atoms with van der Waals surface area (Å²) in [6.07, 6.45) is 0. The van der Waals surface area contributed by atoms with Crippen molar-refractivity contribution >= 4 is 37.0 Å². The number of fused-ring (bicyclic) bond motifs is 1. The van der Waals surface area contributed by atoms with Gasteiger partial charge in [0.25, 0.3) is 0 Å². The predicted molar refractivity (Wildman–Crippen MR) is 118 cm³/mol. The summed E-state index contributed by atoms with van der Waals surface area (Å²) in [5.41, 5.74) is -1.06. The zero-order valence-electron chi connectivity index (χ0n) is 17.6. The molecule has 0 aliphatic heterocycles. The summed E-state index contributed by atoms with van der Waals surface area (Å²) in [5.74, 6) is -15.4. The second kappa shape index (κ2) is 9.17. The van der Waals surface area contributed by atoms with E-state index in [1.165, 1.54) is 13.2 Å². The van der Waals surface area contributed by atoms with Crippen LogP contribution in [0.3, 0.4) is 0 Å². The Bertz CT molecular complexity index is 1700. The molecule has 0 amide bonds. The number of rotatable bonds is 5. The fourth-order valence-electron chi connectivity index (χ4n) is 3.41. The molecule has 0 saturated heterocycles. The van der Waals surface area contributed by atoms with Gasteiger partial charge in [-0.1, -0.05) is 0 Å². The van der Waals surface area contributed by atoms with E-state index in [4.69, 9.17) is 4.74 Å². The second-order valence-electron chi connectivity index (χ2n) is 7.13. The molecule has 0 unspecified atom stereocenters. The van der Waals surface area contributed by atoms with Crippen LogP contribution >= 0.6 is 15.9 Å². The van der Waals surface area contributed by atoms with Gasteiger partial charge in [-0.05, 0) is 46.3 Å². The van der Waals surface area contributed by atoms with Gasteiger partial charge in [0.05, 0.1) is 11.6 Å². The summed E-state index contributed by atoms with van der Waals surface area (Å²) < 4.78 is 119. The number of H-pyrrole nitrogens is 1. The first-order valence-corrected chi connectivity index (χ1v) is 11.7. The largest absolute Gasteiger partial charge is 0.496 e. The number of nitrogens with one attached hydrogen (secondary N) is 1. The maximum atomic E-state index is 14.5. The van der Waals surface area contributed by atoms with Crippen molar-refractivity contribution in [2.24, 2.45) is 0 Å². The summed E-state index contributed by atoms with van der Waals surface area (Å²) in [6.45, 7) is 0. The van der Waals surface area contributed by atoms with Crippen LogP contribution in [-0.4, -0.2) is 20.5 Å². The van der Waals surface area contributed by atoms with E-state index < -0.39 is 61.2 Å². The van der Waals surface area contributed by atoms with Crippen LogP contribution in [0.5, 0.6) is 11.5 Å². The van der Waals surface area contributed by atoms with Gasteiger partial charge in [-0.2, -0.15) is 17.2 Å². The van der Waals surface area contributed by atoms with Crippen molar-refractivity contribution in [2.75, 3.05) is 7.11 Å². The molecule has 4 aromatic rings. The molecule has 1 N–H and O–H groups in total. The van der Waals surface area contributed by atoms with E-state index in [9.17, 15) is 39.6 Å². The quantitative estimate of drug-likeness (QED) is 0.142. The monoisotopic (exact) mass is 593 g/mol. The SMILES string of the molecule is COc1cc(Br)c(F)cc1-c1c(S(=O)(=O)Oc2c(F)c(F)c(F)c(F)c2F)ccc2[nH]c(=O)ccc12. The molecule has 0 fully saturated rings. The van der Waals surface area contributed by atoms with Crippen LogP contribution in [0.4, 0.5) is 26.3 Å². The van der Waals surface area contributed by atoms with Crippen LogP contribution in [-0.2, 0) is 10.1 Å². The van der Waals surface area contributed by atoms with Gasteiger partial charge in [-0.3, -0.25) is 4.79 Å². The lowest BCUT2D eigenvalue weighted by molar-refractivity contribution is 0.347. The Balaban J connectivity index is 2.06. The third-order valence-electron chi connectivity index (χ3n) is 5.01. The average Bonchev–Trinajstić information content (AvgIpc) is 2.84. The van der Waals surface area contributed by atoms with Crippen LogP contribution < -0.4 is 14.5 Å². The van der Waals surface area contributed by atoms with E-state index in [0.29, 0.717) is 0 Å². The topological polar surface area (TPSA) is 85.5 Å². The molecular formula is C22H10BrF6NO5S. The molecule has 6 nitrogen and oxygen atoms in total. The lowest BCUT2D eigenvalue weighted by Crippen LogP contribution is -2.16. The van der Waals surface area contributed by atoms with E-state index >= 15 is 0 Å². The number of hydrogen-bond acceptors (Lipinski definition) is 5. The van der Waals surface area contributed by atoms with Crippen LogP contribution in [0, 0.1) is 34.9 Å². The van der Waals surface area contributed by atoms with Gasteiger partial charge in [-0.15, -0.1) is 0 Å². The normalized spacial score (nSPS) is 11.7. The zero-order chi connectivity index (χ0) is 26.5. The highest BCUT2D eigenvalue weighted by atomic mass is 79.9. The molecule has 3 aromatic carbocycles. The summed E-state index contributed by atoms with van der Waals surface area (Å²) in [6, 6.07) is 6.18. The number of benzene rings is 3. The molecule has 0 aliphatic carbocycles. The first kappa shape index (κ1) is 25.6. The average molecular weight is 594 g/mol. The van der Waals surface area contributed by atoms with Crippen molar-refractivity contribution in [2.45, 2.75) is 4.90 Å². The van der Waals surface area contributed by atoms with Crippen LogP contribution in [0.25, 0.3) is 22.0 Å². The fraction of sp³-hybridized carbons (Fsp3) is 0.0455. The highest BCUT2D eigenvalue weighted by molar-refractivity contribution is 9.10. The van der Waals surface area contributed by atoms with Gasteiger partial charge < -0.3 is 13.9 Å². The van der Waals surface area contributed by atoms with Crippen LogP contribution in [0.15, 0.2) is 50.6 Å². The van der Waals surface area contributed by atoms with Crippen molar-refractivity contribution in [3.8, 4) is 22.6 Å². The van der Waals surface area contributed by atoms with Gasteiger partial charge in [0.2, 0.25) is 40.4 Å². The molecular weight excluding hydrogens is 584 g/mol. The third kappa shape index (κ3) is 4.19. The van der Waals surface area contributed by atoms with Crippen LogP contribution in [0.1, 0.15) is 0 Å². The Kier molecular flexibility index (Phi) is 6.51. The van der Waals surface area contributed by atoms with E-state index in [0.717, 1.165) is 30.3 Å². The molecule has 14 heteroatoms. The Morgan fingerprint density at radius 1 is 0.861 bits per heavy atom. The molecule has 1 heterocycles. The number of hydrogen-bond donors (Lipinski definition) is 1. The molecule has 0 spiro atoms. The molecule has 0 radical (unpaired) electrons. The Labute approximate surface area is 206 Å². The number of pyridine rings is 1. The Morgan fingerprint density at radius 3 is 2.08 bits per heavy atom. The highest BCUT2D eigenvalue weighted by Gasteiger charge is 2.33. The summed E-state index contributed by atoms with van der Waals surface area (Å²) >= 11 is 2.96. The van der Waals surface area contributed by atoms with Gasteiger partial charge in [0, 0.05) is 28.1 Å². The van der Waals surface area contributed by atoms with Gasteiger partial charge in [0.1, 0.15) is 16.5 Å². The number of aromatic amines is 1. The molecule has 0 atom stereocenters. The van der Waals surface area contributed by atoms with E-state index in [-0.39, 0.29) is 32.3 Å². The fourth-order valence-corrected chi connectivity index (χ4v) is 4.89. The second-order valence-corrected chi connectivity index (χ2v) is 9.49. The molecule has 0 aliphatic rings. The third-order valence-corrected chi connectivity index (χ3v) is 6.88.